The van der Waals surface area contributed by atoms with Crippen molar-refractivity contribution in [2.24, 2.45) is 0 Å². The van der Waals surface area contributed by atoms with Crippen LogP contribution in [0.5, 0.6) is 0 Å². The van der Waals surface area contributed by atoms with Gasteiger partial charge in [0.15, 0.2) is 6.29 Å². The standard InChI is InChI=1S/C9H7NO4/c11-4-6(5-12)7-2-1-3-8(10-7)9(13)14/h1-5,11H,(H,13,14)/b6-4-. The number of aromatic nitrogens is 1. The maximum atomic E-state index is 10.5. The number of allylic oxidation sites excluding steroid dienone is 1. The third kappa shape index (κ3) is 1.95. The number of carbonyl (C=O) groups is 2. The lowest BCUT2D eigenvalue weighted by molar-refractivity contribution is -0.103. The second-order valence-electron chi connectivity index (χ2n) is 2.42. The van der Waals surface area contributed by atoms with Crippen molar-refractivity contribution in [3.63, 3.8) is 0 Å². The summed E-state index contributed by atoms with van der Waals surface area (Å²) in [5.74, 6) is -1.19. The summed E-state index contributed by atoms with van der Waals surface area (Å²) in [6.07, 6.45) is 0.981. The number of aldehydes is 1. The van der Waals surface area contributed by atoms with Crippen LogP contribution in [-0.4, -0.2) is 27.5 Å². The fourth-order valence-electron chi connectivity index (χ4n) is 0.872. The minimum atomic E-state index is -1.19. The molecule has 0 bridgehead atoms. The highest BCUT2D eigenvalue weighted by Gasteiger charge is 2.07. The Morgan fingerprint density at radius 3 is 2.50 bits per heavy atom. The average Bonchev–Trinajstić information content (AvgIpc) is 2.20. The Morgan fingerprint density at radius 2 is 2.00 bits per heavy atom. The van der Waals surface area contributed by atoms with Gasteiger partial charge in [-0.1, -0.05) is 6.07 Å². The van der Waals surface area contributed by atoms with Crippen molar-refractivity contribution < 1.29 is 19.8 Å². The Labute approximate surface area is 79.3 Å². The van der Waals surface area contributed by atoms with Gasteiger partial charge in [0.25, 0.3) is 0 Å². The highest BCUT2D eigenvalue weighted by molar-refractivity contribution is 6.05. The molecule has 0 amide bonds. The summed E-state index contributed by atoms with van der Waals surface area (Å²) in [5, 5.41) is 17.2. The van der Waals surface area contributed by atoms with Crippen molar-refractivity contribution in [1.82, 2.24) is 4.98 Å². The van der Waals surface area contributed by atoms with Crippen molar-refractivity contribution in [1.29, 1.82) is 0 Å². The van der Waals surface area contributed by atoms with E-state index in [-0.39, 0.29) is 17.0 Å². The summed E-state index contributed by atoms with van der Waals surface area (Å²) in [4.78, 5) is 24.6. The molecule has 1 rings (SSSR count). The Kier molecular flexibility index (Phi) is 2.96. The van der Waals surface area contributed by atoms with E-state index < -0.39 is 5.97 Å². The normalized spacial score (nSPS) is 11.0. The fraction of sp³-hybridized carbons (Fsp3) is 0. The van der Waals surface area contributed by atoms with Crippen LogP contribution in [0, 0.1) is 0 Å². The summed E-state index contributed by atoms with van der Waals surface area (Å²) in [6, 6.07) is 4.17. The van der Waals surface area contributed by atoms with Gasteiger partial charge < -0.3 is 10.2 Å². The van der Waals surface area contributed by atoms with E-state index in [2.05, 4.69) is 4.98 Å². The predicted octanol–water partition coefficient (Wildman–Crippen LogP) is 0.878. The molecular formula is C9H7NO4. The minimum absolute atomic E-state index is 0.0619. The molecule has 5 nitrogen and oxygen atoms in total. The van der Waals surface area contributed by atoms with Gasteiger partial charge in [-0.3, -0.25) is 4.79 Å². The fourth-order valence-corrected chi connectivity index (χ4v) is 0.872. The van der Waals surface area contributed by atoms with Gasteiger partial charge in [0.2, 0.25) is 0 Å². The van der Waals surface area contributed by atoms with Gasteiger partial charge in [-0.2, -0.15) is 0 Å². The molecule has 0 atom stereocenters. The number of pyridine rings is 1. The molecule has 0 aliphatic heterocycles. The molecule has 0 aromatic carbocycles. The second-order valence-corrected chi connectivity index (χ2v) is 2.42. The largest absolute Gasteiger partial charge is 0.515 e. The van der Waals surface area contributed by atoms with Crippen LogP contribution >= 0.6 is 0 Å². The first-order valence-electron chi connectivity index (χ1n) is 3.69. The van der Waals surface area contributed by atoms with Crippen molar-refractivity contribution in [2.75, 3.05) is 0 Å². The van der Waals surface area contributed by atoms with E-state index in [0.29, 0.717) is 12.5 Å². The van der Waals surface area contributed by atoms with Crippen LogP contribution in [0.4, 0.5) is 0 Å². The molecule has 1 heterocycles. The van der Waals surface area contributed by atoms with Crippen LogP contribution in [0.2, 0.25) is 0 Å². The smallest absolute Gasteiger partial charge is 0.354 e. The summed E-state index contributed by atoms with van der Waals surface area (Å²) in [5.41, 5.74) is -0.112. The topological polar surface area (TPSA) is 87.5 Å². The molecule has 0 spiro atoms. The monoisotopic (exact) mass is 193 g/mol. The molecule has 5 heteroatoms. The summed E-state index contributed by atoms with van der Waals surface area (Å²) in [7, 11) is 0. The number of rotatable bonds is 3. The molecule has 0 radical (unpaired) electrons. The highest BCUT2D eigenvalue weighted by atomic mass is 16.4. The van der Waals surface area contributed by atoms with Crippen LogP contribution in [-0.2, 0) is 4.79 Å². The predicted molar refractivity (Wildman–Crippen MR) is 47.9 cm³/mol. The van der Waals surface area contributed by atoms with E-state index in [0.717, 1.165) is 0 Å². The van der Waals surface area contributed by atoms with E-state index in [1.165, 1.54) is 18.2 Å². The number of nitrogens with zero attached hydrogens (tertiary/aromatic N) is 1. The van der Waals surface area contributed by atoms with Crippen molar-refractivity contribution in [3.05, 3.63) is 35.8 Å². The minimum Gasteiger partial charge on any atom is -0.515 e. The lowest BCUT2D eigenvalue weighted by atomic mass is 10.2. The maximum Gasteiger partial charge on any atom is 0.354 e. The van der Waals surface area contributed by atoms with Gasteiger partial charge in [0, 0.05) is 0 Å². The van der Waals surface area contributed by atoms with Crippen LogP contribution < -0.4 is 0 Å². The third-order valence-corrected chi connectivity index (χ3v) is 1.53. The number of aliphatic hydroxyl groups is 1. The number of carboxylic acids is 1. The second kappa shape index (κ2) is 4.18. The Hall–Kier alpha value is -2.17. The SMILES string of the molecule is O=C/C(=C/O)c1cccc(C(=O)O)n1. The molecular weight excluding hydrogens is 186 g/mol. The molecule has 14 heavy (non-hydrogen) atoms. The zero-order chi connectivity index (χ0) is 10.6. The molecule has 2 N–H and O–H groups in total. The number of aromatic carboxylic acids is 1. The van der Waals surface area contributed by atoms with Crippen molar-refractivity contribution in [2.45, 2.75) is 0 Å². The number of aliphatic hydroxyl groups excluding tert-OH is 1. The van der Waals surface area contributed by atoms with E-state index in [9.17, 15) is 9.59 Å². The first-order chi connectivity index (χ1) is 6.69. The first kappa shape index (κ1) is 9.91. The van der Waals surface area contributed by atoms with E-state index in [1.54, 1.807) is 0 Å². The number of carbonyl (C=O) groups excluding carboxylic acids is 1. The van der Waals surface area contributed by atoms with Crippen LogP contribution in [0.1, 0.15) is 16.2 Å². The molecule has 0 unspecified atom stereocenters. The molecule has 0 aliphatic carbocycles. The van der Waals surface area contributed by atoms with Gasteiger partial charge >= 0.3 is 5.97 Å². The van der Waals surface area contributed by atoms with Gasteiger partial charge in [-0.15, -0.1) is 0 Å². The van der Waals surface area contributed by atoms with E-state index in [1.807, 2.05) is 0 Å². The summed E-state index contributed by atoms with van der Waals surface area (Å²) in [6.45, 7) is 0. The molecule has 1 aromatic rings. The van der Waals surface area contributed by atoms with Gasteiger partial charge in [-0.05, 0) is 12.1 Å². The van der Waals surface area contributed by atoms with Crippen LogP contribution in [0.15, 0.2) is 24.5 Å². The number of hydrogen-bond donors (Lipinski definition) is 2. The quantitative estimate of drug-likeness (QED) is 0.422. The third-order valence-electron chi connectivity index (χ3n) is 1.53. The van der Waals surface area contributed by atoms with Gasteiger partial charge in [0.05, 0.1) is 17.5 Å². The maximum absolute atomic E-state index is 10.5. The first-order valence-corrected chi connectivity index (χ1v) is 3.69. The Morgan fingerprint density at radius 1 is 1.36 bits per heavy atom. The lowest BCUT2D eigenvalue weighted by Gasteiger charge is -1.98. The van der Waals surface area contributed by atoms with E-state index in [4.69, 9.17) is 10.2 Å². The molecule has 0 saturated carbocycles. The molecule has 0 fully saturated rings. The lowest BCUT2D eigenvalue weighted by Crippen LogP contribution is -2.02. The highest BCUT2D eigenvalue weighted by Crippen LogP contribution is 2.08. The number of hydrogen-bond acceptors (Lipinski definition) is 4. The summed E-state index contributed by atoms with van der Waals surface area (Å²) >= 11 is 0. The Balaban J connectivity index is 3.17. The van der Waals surface area contributed by atoms with Crippen LogP contribution in [0.25, 0.3) is 5.57 Å². The van der Waals surface area contributed by atoms with Crippen molar-refractivity contribution in [3.8, 4) is 0 Å². The molecule has 0 aliphatic rings. The van der Waals surface area contributed by atoms with E-state index >= 15 is 0 Å². The number of carboxylic acid groups (broad SMARTS) is 1. The molecule has 72 valence electrons. The van der Waals surface area contributed by atoms with Crippen LogP contribution in [0.3, 0.4) is 0 Å². The average molecular weight is 193 g/mol. The Bertz CT molecular complexity index is 398. The van der Waals surface area contributed by atoms with Gasteiger partial charge in [-0.25, -0.2) is 9.78 Å². The molecule has 0 saturated heterocycles. The zero-order valence-corrected chi connectivity index (χ0v) is 7.04. The van der Waals surface area contributed by atoms with Crippen molar-refractivity contribution >= 4 is 17.8 Å². The molecule has 1 aromatic heterocycles. The summed E-state index contributed by atoms with van der Waals surface area (Å²) < 4.78 is 0. The van der Waals surface area contributed by atoms with Gasteiger partial charge in [0.1, 0.15) is 5.69 Å². The zero-order valence-electron chi connectivity index (χ0n) is 7.04.